The van der Waals surface area contributed by atoms with Crippen LogP contribution >= 0.6 is 0 Å². The quantitative estimate of drug-likeness (QED) is 0.833. The zero-order valence-electron chi connectivity index (χ0n) is 10.5. The summed E-state index contributed by atoms with van der Waals surface area (Å²) in [6, 6.07) is 4.51. The molecule has 0 saturated carbocycles. The molecule has 0 saturated heterocycles. The Labute approximate surface area is 106 Å². The number of aromatic hydroxyl groups is 1. The number of aryl methyl sites for hydroxylation is 1. The van der Waals surface area contributed by atoms with E-state index in [0.29, 0.717) is 17.7 Å². The minimum absolute atomic E-state index is 0.0727. The van der Waals surface area contributed by atoms with Crippen LogP contribution in [-0.2, 0) is 4.79 Å². The van der Waals surface area contributed by atoms with Gasteiger partial charge in [-0.3, -0.25) is 9.59 Å². The van der Waals surface area contributed by atoms with E-state index in [-0.39, 0.29) is 24.6 Å². The number of carboxylic acid groups (broad SMARTS) is 1. The van der Waals surface area contributed by atoms with E-state index in [1.54, 1.807) is 19.9 Å². The van der Waals surface area contributed by atoms with E-state index in [0.717, 1.165) is 0 Å². The number of carboxylic acids is 1. The van der Waals surface area contributed by atoms with E-state index < -0.39 is 5.97 Å². The van der Waals surface area contributed by atoms with Gasteiger partial charge in [0.25, 0.3) is 5.91 Å². The van der Waals surface area contributed by atoms with Crippen LogP contribution in [0.4, 0.5) is 0 Å². The van der Waals surface area contributed by atoms with Crippen molar-refractivity contribution in [3.63, 3.8) is 0 Å². The van der Waals surface area contributed by atoms with Crippen molar-refractivity contribution in [2.75, 3.05) is 13.1 Å². The van der Waals surface area contributed by atoms with Gasteiger partial charge in [-0.1, -0.05) is 0 Å². The highest BCUT2D eigenvalue weighted by Crippen LogP contribution is 2.17. The van der Waals surface area contributed by atoms with Crippen molar-refractivity contribution in [1.29, 1.82) is 0 Å². The highest BCUT2D eigenvalue weighted by Gasteiger charge is 2.17. The van der Waals surface area contributed by atoms with Gasteiger partial charge in [-0.15, -0.1) is 0 Å². The van der Waals surface area contributed by atoms with Gasteiger partial charge in [0.15, 0.2) is 0 Å². The molecule has 0 aliphatic rings. The summed E-state index contributed by atoms with van der Waals surface area (Å²) in [6.07, 6.45) is -0.0727. The lowest BCUT2D eigenvalue weighted by atomic mass is 10.1. The Hall–Kier alpha value is -2.04. The Morgan fingerprint density at radius 1 is 1.33 bits per heavy atom. The Balaban J connectivity index is 2.86. The first kappa shape index (κ1) is 14.0. The Bertz CT molecular complexity index is 456. The minimum Gasteiger partial charge on any atom is -0.508 e. The van der Waals surface area contributed by atoms with Gasteiger partial charge >= 0.3 is 5.97 Å². The third-order valence-electron chi connectivity index (χ3n) is 2.70. The summed E-state index contributed by atoms with van der Waals surface area (Å²) >= 11 is 0. The molecule has 0 spiro atoms. The fourth-order valence-corrected chi connectivity index (χ4v) is 1.69. The summed E-state index contributed by atoms with van der Waals surface area (Å²) in [7, 11) is 0. The number of carbonyl (C=O) groups excluding carboxylic acids is 1. The van der Waals surface area contributed by atoms with Gasteiger partial charge in [0.05, 0.1) is 6.42 Å². The zero-order chi connectivity index (χ0) is 13.7. The van der Waals surface area contributed by atoms with Gasteiger partial charge in [0, 0.05) is 18.7 Å². The van der Waals surface area contributed by atoms with Crippen LogP contribution in [0.25, 0.3) is 0 Å². The summed E-state index contributed by atoms with van der Waals surface area (Å²) in [5, 5.41) is 17.9. The Morgan fingerprint density at radius 3 is 2.50 bits per heavy atom. The summed E-state index contributed by atoms with van der Waals surface area (Å²) in [5.74, 6) is -1.03. The summed E-state index contributed by atoms with van der Waals surface area (Å²) < 4.78 is 0. The van der Waals surface area contributed by atoms with Crippen LogP contribution < -0.4 is 0 Å². The number of amides is 1. The molecule has 0 atom stereocenters. The second-order valence-electron chi connectivity index (χ2n) is 4.03. The zero-order valence-corrected chi connectivity index (χ0v) is 10.5. The maximum Gasteiger partial charge on any atom is 0.305 e. The smallest absolute Gasteiger partial charge is 0.305 e. The molecular formula is C13H17NO4. The molecule has 1 rings (SSSR count). The van der Waals surface area contributed by atoms with Crippen LogP contribution in [0.3, 0.4) is 0 Å². The molecule has 2 N–H and O–H groups in total. The fraction of sp³-hybridized carbons (Fsp3) is 0.385. The number of benzene rings is 1. The van der Waals surface area contributed by atoms with Crippen molar-refractivity contribution >= 4 is 11.9 Å². The van der Waals surface area contributed by atoms with Gasteiger partial charge in [0.1, 0.15) is 5.75 Å². The van der Waals surface area contributed by atoms with E-state index in [1.807, 2.05) is 0 Å². The first-order chi connectivity index (χ1) is 8.45. The normalized spacial score (nSPS) is 10.1. The molecule has 98 valence electrons. The number of aliphatic carboxylic acids is 1. The lowest BCUT2D eigenvalue weighted by Crippen LogP contribution is -2.33. The topological polar surface area (TPSA) is 77.8 Å². The lowest BCUT2D eigenvalue weighted by Gasteiger charge is -2.21. The van der Waals surface area contributed by atoms with Crippen LogP contribution in [0, 0.1) is 6.92 Å². The molecule has 1 aromatic rings. The molecule has 0 heterocycles. The van der Waals surface area contributed by atoms with Crippen molar-refractivity contribution in [2.45, 2.75) is 20.3 Å². The molecule has 18 heavy (non-hydrogen) atoms. The molecule has 0 aliphatic carbocycles. The van der Waals surface area contributed by atoms with Crippen molar-refractivity contribution < 1.29 is 19.8 Å². The molecular weight excluding hydrogens is 234 g/mol. The van der Waals surface area contributed by atoms with E-state index in [2.05, 4.69) is 0 Å². The van der Waals surface area contributed by atoms with Crippen molar-refractivity contribution in [3.8, 4) is 5.75 Å². The van der Waals surface area contributed by atoms with Crippen molar-refractivity contribution in [1.82, 2.24) is 4.90 Å². The third kappa shape index (κ3) is 3.48. The van der Waals surface area contributed by atoms with Gasteiger partial charge in [-0.25, -0.2) is 0 Å². The van der Waals surface area contributed by atoms with Gasteiger partial charge in [0.2, 0.25) is 0 Å². The van der Waals surface area contributed by atoms with E-state index in [4.69, 9.17) is 5.11 Å². The van der Waals surface area contributed by atoms with Crippen LogP contribution in [0.1, 0.15) is 29.3 Å². The molecule has 0 radical (unpaired) electrons. The summed E-state index contributed by atoms with van der Waals surface area (Å²) in [6.45, 7) is 4.17. The van der Waals surface area contributed by atoms with E-state index in [9.17, 15) is 14.7 Å². The Morgan fingerprint density at radius 2 is 2.00 bits per heavy atom. The molecule has 1 amide bonds. The van der Waals surface area contributed by atoms with Gasteiger partial charge < -0.3 is 15.1 Å². The molecule has 0 fully saturated rings. The van der Waals surface area contributed by atoms with E-state index >= 15 is 0 Å². The highest BCUT2D eigenvalue weighted by atomic mass is 16.4. The predicted molar refractivity (Wildman–Crippen MR) is 66.7 cm³/mol. The number of carbonyl (C=O) groups is 2. The second-order valence-corrected chi connectivity index (χ2v) is 4.03. The Kier molecular flexibility index (Phi) is 4.71. The fourth-order valence-electron chi connectivity index (χ4n) is 1.69. The first-order valence-electron chi connectivity index (χ1n) is 5.76. The predicted octanol–water partition coefficient (Wildman–Crippen LogP) is 1.64. The van der Waals surface area contributed by atoms with Crippen molar-refractivity contribution in [2.24, 2.45) is 0 Å². The largest absolute Gasteiger partial charge is 0.508 e. The first-order valence-corrected chi connectivity index (χ1v) is 5.76. The van der Waals surface area contributed by atoms with Gasteiger partial charge in [-0.05, 0) is 37.6 Å². The maximum atomic E-state index is 12.2. The van der Waals surface area contributed by atoms with Crippen LogP contribution in [0.5, 0.6) is 5.75 Å². The number of phenols is 1. The van der Waals surface area contributed by atoms with Gasteiger partial charge in [-0.2, -0.15) is 0 Å². The van der Waals surface area contributed by atoms with E-state index in [1.165, 1.54) is 17.0 Å². The number of rotatable bonds is 5. The number of phenolic OH excluding ortho intramolecular Hbond substituents is 1. The number of hydrogen-bond acceptors (Lipinski definition) is 3. The highest BCUT2D eigenvalue weighted by molar-refractivity contribution is 5.96. The molecule has 5 nitrogen and oxygen atoms in total. The van der Waals surface area contributed by atoms with Crippen molar-refractivity contribution in [3.05, 3.63) is 29.3 Å². The summed E-state index contributed by atoms with van der Waals surface area (Å²) in [5.41, 5.74) is 1.16. The standard InChI is InChI=1S/C13H17NO4/c1-3-14(7-6-12(16)17)13(18)11-5-4-10(15)8-9(11)2/h4-5,8,15H,3,6-7H2,1-2H3,(H,16,17). The third-order valence-corrected chi connectivity index (χ3v) is 2.70. The van der Waals surface area contributed by atoms with Crippen LogP contribution in [-0.4, -0.2) is 40.1 Å². The molecule has 0 unspecified atom stereocenters. The molecule has 0 aromatic heterocycles. The van der Waals surface area contributed by atoms with Crippen LogP contribution in [0.2, 0.25) is 0 Å². The summed E-state index contributed by atoms with van der Waals surface area (Å²) in [4.78, 5) is 24.2. The molecule has 0 aliphatic heterocycles. The monoisotopic (exact) mass is 251 g/mol. The average Bonchev–Trinajstić information content (AvgIpc) is 2.29. The number of nitrogens with zero attached hydrogens (tertiary/aromatic N) is 1. The molecule has 1 aromatic carbocycles. The van der Waals surface area contributed by atoms with Crippen LogP contribution in [0.15, 0.2) is 18.2 Å². The average molecular weight is 251 g/mol. The molecule has 0 bridgehead atoms. The molecule has 5 heteroatoms. The SMILES string of the molecule is CCN(CCC(=O)O)C(=O)c1ccc(O)cc1C. The lowest BCUT2D eigenvalue weighted by molar-refractivity contribution is -0.137. The minimum atomic E-state index is -0.927. The number of hydrogen-bond donors (Lipinski definition) is 2. The second kappa shape index (κ2) is 6.05. The maximum absolute atomic E-state index is 12.2.